The van der Waals surface area contributed by atoms with E-state index < -0.39 is 0 Å². The Morgan fingerprint density at radius 3 is 2.41 bits per heavy atom. The number of carbonyl (C=O) groups excluding carboxylic acids is 2. The molecule has 0 saturated heterocycles. The van der Waals surface area contributed by atoms with Crippen LogP contribution < -0.4 is 20.1 Å². The van der Waals surface area contributed by atoms with Gasteiger partial charge in [-0.3, -0.25) is 9.59 Å². The van der Waals surface area contributed by atoms with Gasteiger partial charge in [-0.15, -0.1) is 0 Å². The monoisotopic (exact) mass is 412 g/mol. The molecule has 1 heterocycles. The molecule has 2 N–H and O–H groups in total. The van der Waals surface area contributed by atoms with Gasteiger partial charge in [-0.1, -0.05) is 11.6 Å². The number of nitrogens with one attached hydrogen (secondary N) is 2. The van der Waals surface area contributed by atoms with Crippen LogP contribution in [0, 0.1) is 5.92 Å². The highest BCUT2D eigenvalue weighted by Gasteiger charge is 2.29. The summed E-state index contributed by atoms with van der Waals surface area (Å²) in [6.07, 6.45) is 5.81. The number of anilines is 2. The molecule has 2 aromatic carbocycles. The number of ether oxygens (including phenoxy) is 2. The highest BCUT2D eigenvalue weighted by Crippen LogP contribution is 2.38. The average Bonchev–Trinajstić information content (AvgIpc) is 3.55. The molecular formula is C22H21ClN2O4. The van der Waals surface area contributed by atoms with Crippen molar-refractivity contribution in [3.63, 3.8) is 0 Å². The van der Waals surface area contributed by atoms with E-state index in [0.717, 1.165) is 30.5 Å². The van der Waals surface area contributed by atoms with Crippen molar-refractivity contribution < 1.29 is 19.1 Å². The molecule has 1 saturated carbocycles. The molecule has 150 valence electrons. The fourth-order valence-electron chi connectivity index (χ4n) is 2.93. The van der Waals surface area contributed by atoms with Crippen LogP contribution >= 0.6 is 11.6 Å². The third-order valence-corrected chi connectivity index (χ3v) is 4.90. The Kier molecular flexibility index (Phi) is 5.71. The number of rotatable bonds is 5. The molecule has 1 aliphatic carbocycles. The van der Waals surface area contributed by atoms with Crippen LogP contribution in [0.4, 0.5) is 11.4 Å². The van der Waals surface area contributed by atoms with Gasteiger partial charge in [-0.05, 0) is 60.9 Å². The molecule has 0 atom stereocenters. The van der Waals surface area contributed by atoms with Gasteiger partial charge in [0.1, 0.15) is 0 Å². The summed E-state index contributed by atoms with van der Waals surface area (Å²) in [5, 5.41) is 6.10. The summed E-state index contributed by atoms with van der Waals surface area (Å²) in [7, 11) is 0. The Labute approximate surface area is 173 Å². The van der Waals surface area contributed by atoms with E-state index in [9.17, 15) is 9.59 Å². The van der Waals surface area contributed by atoms with Gasteiger partial charge < -0.3 is 20.1 Å². The van der Waals surface area contributed by atoms with Crippen molar-refractivity contribution in [1.82, 2.24) is 0 Å². The first-order valence-electron chi connectivity index (χ1n) is 9.57. The molecule has 1 aliphatic heterocycles. The van der Waals surface area contributed by atoms with E-state index >= 15 is 0 Å². The zero-order chi connectivity index (χ0) is 20.2. The van der Waals surface area contributed by atoms with E-state index in [1.54, 1.807) is 42.5 Å². The van der Waals surface area contributed by atoms with E-state index in [-0.39, 0.29) is 17.7 Å². The van der Waals surface area contributed by atoms with Gasteiger partial charge in [0.2, 0.25) is 11.8 Å². The molecule has 2 amide bonds. The Morgan fingerprint density at radius 2 is 1.69 bits per heavy atom. The molecule has 1 fully saturated rings. The minimum absolute atomic E-state index is 0.0542. The first-order chi connectivity index (χ1) is 14.1. The molecule has 0 bridgehead atoms. The van der Waals surface area contributed by atoms with Crippen LogP contribution in [0.2, 0.25) is 5.02 Å². The van der Waals surface area contributed by atoms with Crippen molar-refractivity contribution in [2.24, 2.45) is 5.92 Å². The van der Waals surface area contributed by atoms with Crippen LogP contribution in [0.15, 0.2) is 42.5 Å². The number of carbonyl (C=O) groups is 2. The fourth-order valence-corrected chi connectivity index (χ4v) is 3.20. The first kappa shape index (κ1) is 19.3. The van der Waals surface area contributed by atoms with Gasteiger partial charge in [0, 0.05) is 29.8 Å². The van der Waals surface area contributed by atoms with E-state index in [4.69, 9.17) is 21.1 Å². The number of amides is 2. The van der Waals surface area contributed by atoms with E-state index in [1.807, 2.05) is 0 Å². The summed E-state index contributed by atoms with van der Waals surface area (Å²) >= 11 is 6.27. The lowest BCUT2D eigenvalue weighted by atomic mass is 10.2. The SMILES string of the molecule is O=C(/C=C/c1cc(Cl)c2c(c1)OCCCO2)Nc1ccc(NC(=O)C2CC2)cc1. The predicted octanol–water partition coefficient (Wildman–Crippen LogP) is 4.50. The topological polar surface area (TPSA) is 76.7 Å². The standard InChI is InChI=1S/C22H21ClN2O4/c23-18-12-14(13-19-21(18)29-11-1-10-28-19)2-9-20(26)24-16-5-7-17(8-6-16)25-22(27)15-3-4-15/h2,5-9,12-13,15H,1,3-4,10-11H2,(H,24,26)(H,25,27)/b9-2+. The Balaban J connectivity index is 1.36. The van der Waals surface area contributed by atoms with Crippen molar-refractivity contribution in [2.45, 2.75) is 19.3 Å². The van der Waals surface area contributed by atoms with Gasteiger partial charge >= 0.3 is 0 Å². The van der Waals surface area contributed by atoms with Crippen molar-refractivity contribution in [3.05, 3.63) is 53.1 Å². The third kappa shape index (κ3) is 5.09. The van der Waals surface area contributed by atoms with Gasteiger partial charge in [0.05, 0.1) is 18.2 Å². The Morgan fingerprint density at radius 1 is 1.00 bits per heavy atom. The molecule has 0 radical (unpaired) electrons. The average molecular weight is 413 g/mol. The number of hydrogen-bond acceptors (Lipinski definition) is 4. The van der Waals surface area contributed by atoms with Crippen LogP contribution in [0.25, 0.3) is 6.08 Å². The van der Waals surface area contributed by atoms with Crippen LogP contribution in [-0.4, -0.2) is 25.0 Å². The van der Waals surface area contributed by atoms with Gasteiger partial charge in [0.25, 0.3) is 0 Å². The lowest BCUT2D eigenvalue weighted by Gasteiger charge is -2.10. The lowest BCUT2D eigenvalue weighted by Crippen LogP contribution is -2.13. The highest BCUT2D eigenvalue weighted by molar-refractivity contribution is 6.32. The lowest BCUT2D eigenvalue weighted by molar-refractivity contribution is -0.117. The van der Waals surface area contributed by atoms with Crippen molar-refractivity contribution in [2.75, 3.05) is 23.8 Å². The normalized spacial score (nSPS) is 15.6. The molecular weight excluding hydrogens is 392 g/mol. The number of hydrogen-bond donors (Lipinski definition) is 2. The zero-order valence-electron chi connectivity index (χ0n) is 15.7. The summed E-state index contributed by atoms with van der Waals surface area (Å²) in [4.78, 5) is 24.0. The van der Waals surface area contributed by atoms with Crippen molar-refractivity contribution in [3.8, 4) is 11.5 Å². The van der Waals surface area contributed by atoms with E-state index in [0.29, 0.717) is 35.4 Å². The first-order valence-corrected chi connectivity index (χ1v) is 9.95. The van der Waals surface area contributed by atoms with Gasteiger partial charge in [-0.25, -0.2) is 0 Å². The maximum atomic E-state index is 12.2. The maximum absolute atomic E-state index is 12.2. The van der Waals surface area contributed by atoms with Gasteiger partial charge in [-0.2, -0.15) is 0 Å². The molecule has 0 spiro atoms. The number of benzene rings is 2. The molecule has 0 unspecified atom stereocenters. The molecule has 0 aromatic heterocycles. The largest absolute Gasteiger partial charge is 0.489 e. The van der Waals surface area contributed by atoms with Crippen molar-refractivity contribution >= 4 is 40.9 Å². The predicted molar refractivity (Wildman–Crippen MR) is 113 cm³/mol. The summed E-state index contributed by atoms with van der Waals surface area (Å²) in [6, 6.07) is 10.6. The molecule has 29 heavy (non-hydrogen) atoms. The zero-order valence-corrected chi connectivity index (χ0v) is 16.5. The van der Waals surface area contributed by atoms with Crippen LogP contribution in [0.3, 0.4) is 0 Å². The summed E-state index contributed by atoms with van der Waals surface area (Å²) in [5.74, 6) is 1.05. The minimum atomic E-state index is -0.275. The fraction of sp³-hybridized carbons (Fsp3) is 0.273. The number of halogens is 1. The molecule has 2 aromatic rings. The molecule has 6 nitrogen and oxygen atoms in total. The molecule has 2 aliphatic rings. The number of fused-ring (bicyclic) bond motifs is 1. The molecule has 4 rings (SSSR count). The Bertz CT molecular complexity index is 952. The van der Waals surface area contributed by atoms with E-state index in [1.165, 1.54) is 6.08 Å². The second-order valence-electron chi connectivity index (χ2n) is 7.04. The quantitative estimate of drug-likeness (QED) is 0.709. The third-order valence-electron chi connectivity index (χ3n) is 4.62. The minimum Gasteiger partial charge on any atom is -0.489 e. The van der Waals surface area contributed by atoms with Crippen molar-refractivity contribution in [1.29, 1.82) is 0 Å². The van der Waals surface area contributed by atoms with Gasteiger partial charge in [0.15, 0.2) is 11.5 Å². The summed E-state index contributed by atoms with van der Waals surface area (Å²) in [6.45, 7) is 1.13. The summed E-state index contributed by atoms with van der Waals surface area (Å²) < 4.78 is 11.3. The van der Waals surface area contributed by atoms with Crippen LogP contribution in [0.5, 0.6) is 11.5 Å². The van der Waals surface area contributed by atoms with E-state index in [2.05, 4.69) is 10.6 Å². The van der Waals surface area contributed by atoms with Crippen LogP contribution in [0.1, 0.15) is 24.8 Å². The maximum Gasteiger partial charge on any atom is 0.248 e. The second kappa shape index (κ2) is 8.57. The van der Waals surface area contributed by atoms with Crippen LogP contribution in [-0.2, 0) is 9.59 Å². The molecule has 7 heteroatoms. The highest BCUT2D eigenvalue weighted by atomic mass is 35.5. The Hall–Kier alpha value is -2.99. The summed E-state index contributed by atoms with van der Waals surface area (Å²) in [5.41, 5.74) is 2.10. The second-order valence-corrected chi connectivity index (χ2v) is 7.45. The smallest absolute Gasteiger partial charge is 0.248 e.